The normalized spacial score (nSPS) is 18.6. The van der Waals surface area contributed by atoms with Gasteiger partial charge in [-0.25, -0.2) is 9.78 Å². The fraction of sp³-hybridized carbons (Fsp3) is 0.571. The molecule has 1 aliphatic rings. The number of carbonyl (C=O) groups is 1. The minimum absolute atomic E-state index is 0.395. The molecule has 20 heavy (non-hydrogen) atoms. The van der Waals surface area contributed by atoms with Gasteiger partial charge in [0.05, 0.1) is 25.6 Å². The van der Waals surface area contributed by atoms with Crippen LogP contribution in [0.2, 0.25) is 0 Å². The third-order valence-corrected chi connectivity index (χ3v) is 3.44. The Morgan fingerprint density at radius 3 is 3.10 bits per heavy atom. The molecule has 1 atom stereocenters. The van der Waals surface area contributed by atoms with Crippen LogP contribution < -0.4 is 10.6 Å². The van der Waals surface area contributed by atoms with Crippen LogP contribution in [-0.4, -0.2) is 44.9 Å². The summed E-state index contributed by atoms with van der Waals surface area (Å²) in [6.07, 6.45) is 3.76. The average molecular weight is 279 g/mol. The van der Waals surface area contributed by atoms with Crippen molar-refractivity contribution in [3.63, 3.8) is 0 Å². The molecule has 110 valence electrons. The van der Waals surface area contributed by atoms with E-state index in [1.807, 2.05) is 11.9 Å². The van der Waals surface area contributed by atoms with Crippen molar-refractivity contribution in [2.45, 2.75) is 12.8 Å². The maximum Gasteiger partial charge on any atom is 0.341 e. The molecule has 0 aromatic carbocycles. The lowest BCUT2D eigenvalue weighted by atomic mass is 10.0. The molecule has 0 spiro atoms. The minimum Gasteiger partial charge on any atom is -0.465 e. The number of pyridine rings is 1. The number of nitrogens with two attached hydrogens (primary N) is 1. The largest absolute Gasteiger partial charge is 0.465 e. The van der Waals surface area contributed by atoms with Crippen molar-refractivity contribution in [1.29, 1.82) is 0 Å². The number of aromatic nitrogens is 1. The van der Waals surface area contributed by atoms with Gasteiger partial charge in [-0.05, 0) is 24.8 Å². The summed E-state index contributed by atoms with van der Waals surface area (Å²) in [5, 5.41) is 0. The van der Waals surface area contributed by atoms with Crippen molar-refractivity contribution in [2.75, 3.05) is 44.5 Å². The second kappa shape index (κ2) is 6.56. The Labute approximate surface area is 118 Å². The van der Waals surface area contributed by atoms with Crippen LogP contribution in [0.5, 0.6) is 0 Å². The first-order chi connectivity index (χ1) is 9.61. The highest BCUT2D eigenvalue weighted by atomic mass is 16.5. The number of esters is 1. The Balaban J connectivity index is 2.15. The average Bonchev–Trinajstić information content (AvgIpc) is 2.47. The van der Waals surface area contributed by atoms with Crippen LogP contribution in [0.1, 0.15) is 23.2 Å². The van der Waals surface area contributed by atoms with E-state index in [-0.39, 0.29) is 0 Å². The first kappa shape index (κ1) is 14.6. The summed E-state index contributed by atoms with van der Waals surface area (Å²) in [4.78, 5) is 18.0. The third kappa shape index (κ3) is 3.39. The van der Waals surface area contributed by atoms with Crippen molar-refractivity contribution in [1.82, 2.24) is 4.98 Å². The van der Waals surface area contributed by atoms with Gasteiger partial charge in [0.25, 0.3) is 0 Å². The van der Waals surface area contributed by atoms with E-state index < -0.39 is 5.97 Å². The standard InChI is InChI=1S/C14H21N3O3/c1-17(8-10-4-3-5-20-9-10)13-12(14(18)19-2)6-11(15)7-16-13/h6-7,10H,3-5,8-9,15H2,1-2H3. The minimum atomic E-state index is -0.424. The predicted octanol–water partition coefficient (Wildman–Crippen LogP) is 1.31. The number of rotatable bonds is 4. The van der Waals surface area contributed by atoms with Crippen LogP contribution in [0.25, 0.3) is 0 Å². The lowest BCUT2D eigenvalue weighted by Gasteiger charge is -2.28. The molecule has 0 amide bonds. The first-order valence-electron chi connectivity index (χ1n) is 6.74. The van der Waals surface area contributed by atoms with E-state index in [1.54, 1.807) is 12.3 Å². The molecule has 0 saturated carbocycles. The van der Waals surface area contributed by atoms with Gasteiger partial charge < -0.3 is 20.1 Å². The van der Waals surface area contributed by atoms with Gasteiger partial charge >= 0.3 is 5.97 Å². The molecule has 6 heteroatoms. The van der Waals surface area contributed by atoms with E-state index >= 15 is 0 Å². The lowest BCUT2D eigenvalue weighted by Crippen LogP contribution is -2.32. The highest BCUT2D eigenvalue weighted by Gasteiger charge is 2.21. The molecule has 0 radical (unpaired) electrons. The Morgan fingerprint density at radius 2 is 2.45 bits per heavy atom. The second-order valence-electron chi connectivity index (χ2n) is 5.10. The zero-order chi connectivity index (χ0) is 14.5. The highest BCUT2D eigenvalue weighted by Crippen LogP contribution is 2.22. The van der Waals surface area contributed by atoms with Crippen molar-refractivity contribution >= 4 is 17.5 Å². The Hall–Kier alpha value is -1.82. The number of nitrogens with zero attached hydrogens (tertiary/aromatic N) is 2. The summed E-state index contributed by atoms with van der Waals surface area (Å²) in [7, 11) is 3.27. The zero-order valence-electron chi connectivity index (χ0n) is 12.0. The van der Waals surface area contributed by atoms with Crippen molar-refractivity contribution in [3.8, 4) is 0 Å². The van der Waals surface area contributed by atoms with Gasteiger partial charge in [0.15, 0.2) is 0 Å². The molecule has 1 aliphatic heterocycles. The molecular weight excluding hydrogens is 258 g/mol. The number of hydrogen-bond acceptors (Lipinski definition) is 6. The van der Waals surface area contributed by atoms with Gasteiger partial charge in [-0.3, -0.25) is 0 Å². The zero-order valence-corrected chi connectivity index (χ0v) is 12.0. The lowest BCUT2D eigenvalue weighted by molar-refractivity contribution is 0.0573. The number of carbonyl (C=O) groups excluding carboxylic acids is 1. The number of hydrogen-bond donors (Lipinski definition) is 1. The summed E-state index contributed by atoms with van der Waals surface area (Å²) >= 11 is 0. The summed E-state index contributed by atoms with van der Waals surface area (Å²) < 4.78 is 10.3. The van der Waals surface area contributed by atoms with E-state index in [9.17, 15) is 4.79 Å². The molecular formula is C14H21N3O3. The van der Waals surface area contributed by atoms with Crippen molar-refractivity contribution < 1.29 is 14.3 Å². The smallest absolute Gasteiger partial charge is 0.341 e. The molecule has 1 aromatic heterocycles. The molecule has 1 saturated heterocycles. The molecule has 2 rings (SSSR count). The summed E-state index contributed by atoms with van der Waals surface area (Å²) in [5.41, 5.74) is 6.54. The topological polar surface area (TPSA) is 77.7 Å². The fourth-order valence-corrected chi connectivity index (χ4v) is 2.46. The van der Waals surface area contributed by atoms with Crippen LogP contribution in [0.3, 0.4) is 0 Å². The molecule has 1 unspecified atom stereocenters. The first-order valence-corrected chi connectivity index (χ1v) is 6.74. The Kier molecular flexibility index (Phi) is 4.79. The summed E-state index contributed by atoms with van der Waals surface area (Å²) in [6, 6.07) is 1.60. The third-order valence-electron chi connectivity index (χ3n) is 3.44. The number of anilines is 2. The van der Waals surface area contributed by atoms with Gasteiger partial charge in [0.2, 0.25) is 0 Å². The van der Waals surface area contributed by atoms with E-state index in [2.05, 4.69) is 4.98 Å². The van der Waals surface area contributed by atoms with Gasteiger partial charge in [0, 0.05) is 20.2 Å². The molecule has 2 heterocycles. The molecule has 6 nitrogen and oxygen atoms in total. The van der Waals surface area contributed by atoms with E-state index in [0.717, 1.165) is 32.6 Å². The Morgan fingerprint density at radius 1 is 1.65 bits per heavy atom. The molecule has 0 bridgehead atoms. The Bertz CT molecular complexity index is 473. The van der Waals surface area contributed by atoms with Crippen LogP contribution >= 0.6 is 0 Å². The monoisotopic (exact) mass is 279 g/mol. The fourth-order valence-electron chi connectivity index (χ4n) is 2.46. The highest BCUT2D eigenvalue weighted by molar-refractivity contribution is 5.95. The SMILES string of the molecule is COC(=O)c1cc(N)cnc1N(C)CC1CCCOC1. The van der Waals surface area contributed by atoms with Crippen LogP contribution in [0, 0.1) is 5.92 Å². The van der Waals surface area contributed by atoms with Crippen molar-refractivity contribution in [3.05, 3.63) is 17.8 Å². The predicted molar refractivity (Wildman–Crippen MR) is 76.8 cm³/mol. The number of methoxy groups -OCH3 is 1. The van der Waals surface area contributed by atoms with Crippen LogP contribution in [0.15, 0.2) is 12.3 Å². The summed E-state index contributed by atoms with van der Waals surface area (Å²) in [5.74, 6) is 0.627. The molecule has 1 fully saturated rings. The van der Waals surface area contributed by atoms with E-state index in [1.165, 1.54) is 7.11 Å². The van der Waals surface area contributed by atoms with Gasteiger partial charge in [-0.15, -0.1) is 0 Å². The van der Waals surface area contributed by atoms with E-state index in [4.69, 9.17) is 15.2 Å². The van der Waals surface area contributed by atoms with Crippen molar-refractivity contribution in [2.24, 2.45) is 5.92 Å². The maximum atomic E-state index is 11.8. The van der Waals surface area contributed by atoms with Crippen LogP contribution in [0.4, 0.5) is 11.5 Å². The second-order valence-corrected chi connectivity index (χ2v) is 5.10. The quantitative estimate of drug-likeness (QED) is 0.837. The van der Waals surface area contributed by atoms with Gasteiger partial charge in [-0.1, -0.05) is 0 Å². The van der Waals surface area contributed by atoms with E-state index in [0.29, 0.717) is 23.0 Å². The van der Waals surface area contributed by atoms with Crippen LogP contribution in [-0.2, 0) is 9.47 Å². The number of nitrogen functional groups attached to an aromatic ring is 1. The summed E-state index contributed by atoms with van der Waals surface area (Å²) in [6.45, 7) is 2.39. The maximum absolute atomic E-state index is 11.8. The molecule has 0 aliphatic carbocycles. The van der Waals surface area contributed by atoms with Gasteiger partial charge in [0.1, 0.15) is 11.4 Å². The molecule has 1 aromatic rings. The number of ether oxygens (including phenoxy) is 2. The van der Waals surface area contributed by atoms with Gasteiger partial charge in [-0.2, -0.15) is 0 Å². The molecule has 2 N–H and O–H groups in total.